The molecule has 6 heteroatoms. The highest BCUT2D eigenvalue weighted by molar-refractivity contribution is 6.10. The van der Waals surface area contributed by atoms with Crippen LogP contribution in [0.15, 0.2) is 84.4 Å². The van der Waals surface area contributed by atoms with E-state index in [0.717, 1.165) is 5.56 Å². The van der Waals surface area contributed by atoms with Gasteiger partial charge >= 0.3 is 0 Å². The van der Waals surface area contributed by atoms with Gasteiger partial charge in [-0.25, -0.2) is 0 Å². The predicted octanol–water partition coefficient (Wildman–Crippen LogP) is 4.77. The number of ether oxygens (including phenoxy) is 1. The molecule has 0 saturated carbocycles. The molecule has 0 unspecified atom stereocenters. The van der Waals surface area contributed by atoms with E-state index in [9.17, 15) is 14.9 Å². The molecule has 0 atom stereocenters. The maximum atomic E-state index is 12.6. The fourth-order valence-electron chi connectivity index (χ4n) is 2.81. The van der Waals surface area contributed by atoms with E-state index in [1.165, 1.54) is 13.0 Å². The zero-order valence-electron chi connectivity index (χ0n) is 17.0. The van der Waals surface area contributed by atoms with E-state index in [1.54, 1.807) is 36.4 Å². The van der Waals surface area contributed by atoms with Gasteiger partial charge in [0.15, 0.2) is 0 Å². The maximum absolute atomic E-state index is 12.6. The summed E-state index contributed by atoms with van der Waals surface area (Å²) in [6, 6.07) is 25.5. The Kier molecular flexibility index (Phi) is 7.17. The van der Waals surface area contributed by atoms with Crippen LogP contribution in [-0.2, 0) is 16.2 Å². The number of nitriles is 1. The zero-order valence-corrected chi connectivity index (χ0v) is 17.0. The number of para-hydroxylation sites is 1. The third-order valence-corrected chi connectivity index (χ3v) is 4.28. The molecular weight excluding hydrogens is 390 g/mol. The molecule has 3 rings (SSSR count). The van der Waals surface area contributed by atoms with Crippen molar-refractivity contribution in [1.82, 2.24) is 0 Å². The van der Waals surface area contributed by atoms with E-state index in [-0.39, 0.29) is 11.5 Å². The van der Waals surface area contributed by atoms with Crippen LogP contribution in [0.4, 0.5) is 11.4 Å². The van der Waals surface area contributed by atoms with Crippen LogP contribution in [0.5, 0.6) is 5.75 Å². The number of amides is 2. The molecule has 2 amide bonds. The third-order valence-electron chi connectivity index (χ3n) is 4.28. The van der Waals surface area contributed by atoms with Crippen LogP contribution >= 0.6 is 0 Å². The van der Waals surface area contributed by atoms with E-state index < -0.39 is 5.91 Å². The first kappa shape index (κ1) is 21.3. The van der Waals surface area contributed by atoms with Gasteiger partial charge in [-0.05, 0) is 42.0 Å². The Labute approximate surface area is 180 Å². The van der Waals surface area contributed by atoms with E-state index in [0.29, 0.717) is 29.3 Å². The number of nitrogens with one attached hydrogen (secondary N) is 2. The van der Waals surface area contributed by atoms with Gasteiger partial charge < -0.3 is 15.4 Å². The average Bonchev–Trinajstić information content (AvgIpc) is 2.78. The Morgan fingerprint density at radius 3 is 2.16 bits per heavy atom. The van der Waals surface area contributed by atoms with E-state index >= 15 is 0 Å². The van der Waals surface area contributed by atoms with Gasteiger partial charge in [0.2, 0.25) is 5.91 Å². The molecule has 0 spiro atoms. The molecule has 0 aliphatic rings. The van der Waals surface area contributed by atoms with Gasteiger partial charge in [0.1, 0.15) is 24.0 Å². The van der Waals surface area contributed by atoms with Gasteiger partial charge in [-0.2, -0.15) is 5.26 Å². The lowest BCUT2D eigenvalue weighted by atomic mass is 10.1. The van der Waals surface area contributed by atoms with Crippen LogP contribution in [0.2, 0.25) is 0 Å². The molecule has 154 valence electrons. The minimum absolute atomic E-state index is 0.0540. The van der Waals surface area contributed by atoms with Crippen molar-refractivity contribution in [3.8, 4) is 11.8 Å². The van der Waals surface area contributed by atoms with E-state index in [2.05, 4.69) is 10.6 Å². The Morgan fingerprint density at radius 1 is 0.903 bits per heavy atom. The smallest absolute Gasteiger partial charge is 0.266 e. The van der Waals surface area contributed by atoms with Crippen LogP contribution < -0.4 is 15.4 Å². The molecule has 0 aliphatic carbocycles. The molecule has 3 aromatic rings. The monoisotopic (exact) mass is 411 g/mol. The van der Waals surface area contributed by atoms with Crippen molar-refractivity contribution in [2.45, 2.75) is 13.5 Å². The number of benzene rings is 3. The molecule has 2 N–H and O–H groups in total. The summed E-state index contributed by atoms with van der Waals surface area (Å²) < 4.78 is 5.89. The molecule has 31 heavy (non-hydrogen) atoms. The molecule has 6 nitrogen and oxygen atoms in total. The molecule has 3 aromatic carbocycles. The van der Waals surface area contributed by atoms with Crippen molar-refractivity contribution in [2.24, 2.45) is 0 Å². The second-order valence-corrected chi connectivity index (χ2v) is 6.69. The highest BCUT2D eigenvalue weighted by atomic mass is 16.5. The van der Waals surface area contributed by atoms with Crippen molar-refractivity contribution in [1.29, 1.82) is 5.26 Å². The second kappa shape index (κ2) is 10.4. The largest absolute Gasteiger partial charge is 0.488 e. The normalized spacial score (nSPS) is 10.6. The second-order valence-electron chi connectivity index (χ2n) is 6.69. The number of anilines is 2. The van der Waals surface area contributed by atoms with E-state index in [4.69, 9.17) is 4.74 Å². The molecule has 0 bridgehead atoms. The minimum atomic E-state index is -0.535. The zero-order chi connectivity index (χ0) is 22.1. The van der Waals surface area contributed by atoms with Gasteiger partial charge in [-0.1, -0.05) is 48.5 Å². The summed E-state index contributed by atoms with van der Waals surface area (Å²) >= 11 is 0. The number of rotatable bonds is 7. The maximum Gasteiger partial charge on any atom is 0.266 e. The van der Waals surface area contributed by atoms with Crippen molar-refractivity contribution >= 4 is 29.3 Å². The van der Waals surface area contributed by atoms with Crippen LogP contribution in [0.3, 0.4) is 0 Å². The van der Waals surface area contributed by atoms with Gasteiger partial charge in [0.25, 0.3) is 5.91 Å². The van der Waals surface area contributed by atoms with Crippen LogP contribution in [-0.4, -0.2) is 11.8 Å². The summed E-state index contributed by atoms with van der Waals surface area (Å²) in [5.41, 5.74) is 2.72. The molecule has 0 aliphatic heterocycles. The first-order valence-corrected chi connectivity index (χ1v) is 9.61. The summed E-state index contributed by atoms with van der Waals surface area (Å²) in [5.74, 6) is -0.140. The molecule has 0 aromatic heterocycles. The van der Waals surface area contributed by atoms with Crippen LogP contribution in [0, 0.1) is 11.3 Å². The lowest BCUT2D eigenvalue weighted by Crippen LogP contribution is -2.13. The van der Waals surface area contributed by atoms with Crippen LogP contribution in [0.1, 0.15) is 18.1 Å². The van der Waals surface area contributed by atoms with Crippen molar-refractivity contribution < 1.29 is 14.3 Å². The lowest BCUT2D eigenvalue weighted by molar-refractivity contribution is -0.114. The molecule has 0 heterocycles. The summed E-state index contributed by atoms with van der Waals surface area (Å²) in [5, 5.41) is 14.9. The van der Waals surface area contributed by atoms with Crippen molar-refractivity contribution in [3.63, 3.8) is 0 Å². The Morgan fingerprint density at radius 2 is 1.52 bits per heavy atom. The quantitative estimate of drug-likeness (QED) is 0.433. The number of nitrogens with zero attached hydrogens (tertiary/aromatic N) is 1. The molecule has 0 saturated heterocycles. The number of carbonyl (C=O) groups excluding carboxylic acids is 2. The first-order valence-electron chi connectivity index (χ1n) is 9.61. The van der Waals surface area contributed by atoms with Gasteiger partial charge in [-0.3, -0.25) is 9.59 Å². The third kappa shape index (κ3) is 6.31. The summed E-state index contributed by atoms with van der Waals surface area (Å²) in [4.78, 5) is 23.7. The standard InChI is InChI=1S/C25H21N3O3/c1-18(29)27-22-11-13-23(14-12-22)28-25(30)21(16-26)15-20-9-5-6-10-24(20)31-17-19-7-3-2-4-8-19/h2-15H,17H2,1H3,(H,27,29)(H,28,30)/b21-15+. The summed E-state index contributed by atoms with van der Waals surface area (Å²) in [6.07, 6.45) is 1.50. The highest BCUT2D eigenvalue weighted by Gasteiger charge is 2.11. The number of hydrogen-bond donors (Lipinski definition) is 2. The Balaban J connectivity index is 1.73. The van der Waals surface area contributed by atoms with Gasteiger partial charge in [-0.15, -0.1) is 0 Å². The molecular formula is C25H21N3O3. The van der Waals surface area contributed by atoms with Gasteiger partial charge in [0, 0.05) is 23.9 Å². The van der Waals surface area contributed by atoms with Gasteiger partial charge in [0.05, 0.1) is 0 Å². The number of carbonyl (C=O) groups is 2. The number of hydrogen-bond acceptors (Lipinski definition) is 4. The lowest BCUT2D eigenvalue weighted by Gasteiger charge is -2.10. The predicted molar refractivity (Wildman–Crippen MR) is 120 cm³/mol. The average molecular weight is 411 g/mol. The topological polar surface area (TPSA) is 91.2 Å². The summed E-state index contributed by atoms with van der Waals surface area (Å²) in [7, 11) is 0. The van der Waals surface area contributed by atoms with E-state index in [1.807, 2.05) is 48.5 Å². The Hall–Kier alpha value is -4.37. The van der Waals surface area contributed by atoms with Crippen molar-refractivity contribution in [2.75, 3.05) is 10.6 Å². The summed E-state index contributed by atoms with van der Waals surface area (Å²) in [6.45, 7) is 1.79. The van der Waals surface area contributed by atoms with Crippen LogP contribution in [0.25, 0.3) is 6.08 Å². The van der Waals surface area contributed by atoms with Crippen molar-refractivity contribution in [3.05, 3.63) is 95.6 Å². The Bertz CT molecular complexity index is 1130. The first-order chi connectivity index (χ1) is 15.0. The molecule has 0 radical (unpaired) electrons. The fraction of sp³-hybridized carbons (Fsp3) is 0.0800. The fourth-order valence-corrected chi connectivity index (χ4v) is 2.81. The SMILES string of the molecule is CC(=O)Nc1ccc(NC(=O)/C(C#N)=C/c2ccccc2OCc2ccccc2)cc1. The molecule has 0 fully saturated rings. The minimum Gasteiger partial charge on any atom is -0.488 e. The highest BCUT2D eigenvalue weighted by Crippen LogP contribution is 2.23.